The number of nitrogens with two attached hydrogens (primary N) is 1. The Morgan fingerprint density at radius 2 is 2.06 bits per heavy atom. The second-order valence-corrected chi connectivity index (χ2v) is 6.30. The first kappa shape index (κ1) is 14.3. The Hall–Kier alpha value is -0.160. The Morgan fingerprint density at radius 1 is 1.33 bits per heavy atom. The molecule has 2 aliphatic rings. The maximum Gasteiger partial charge on any atom is 0.0611 e. The van der Waals surface area contributed by atoms with Crippen LogP contribution in [0.25, 0.3) is 0 Å². The van der Waals surface area contributed by atoms with Gasteiger partial charge < -0.3 is 20.6 Å². The topological polar surface area (TPSA) is 52.7 Å². The standard InChI is InChI=1S/C14H29N3O/c1-16(9-10-17-7-2-3-8-17)13-5-4-6-14(15,11-13)12-18/h13,18H,2-12,15H2,1H3. The van der Waals surface area contributed by atoms with Crippen molar-refractivity contribution in [3.8, 4) is 0 Å². The number of likely N-dealkylation sites (N-methyl/N-ethyl adjacent to an activating group) is 1. The van der Waals surface area contributed by atoms with Crippen molar-refractivity contribution in [2.75, 3.05) is 39.8 Å². The fraction of sp³-hybridized carbons (Fsp3) is 1.00. The predicted octanol–water partition coefficient (Wildman–Crippen LogP) is 0.646. The molecule has 2 rings (SSSR count). The molecule has 18 heavy (non-hydrogen) atoms. The van der Waals surface area contributed by atoms with E-state index in [1.165, 1.54) is 38.9 Å². The molecule has 0 bridgehead atoms. The molecule has 1 saturated heterocycles. The molecular weight excluding hydrogens is 226 g/mol. The van der Waals surface area contributed by atoms with Gasteiger partial charge in [-0.2, -0.15) is 0 Å². The smallest absolute Gasteiger partial charge is 0.0611 e. The van der Waals surface area contributed by atoms with Gasteiger partial charge in [0, 0.05) is 24.7 Å². The second kappa shape index (κ2) is 6.33. The first-order valence-electron chi connectivity index (χ1n) is 7.45. The van der Waals surface area contributed by atoms with E-state index in [-0.39, 0.29) is 12.1 Å². The minimum absolute atomic E-state index is 0.128. The van der Waals surface area contributed by atoms with Gasteiger partial charge in [0.05, 0.1) is 6.61 Å². The molecule has 4 heteroatoms. The summed E-state index contributed by atoms with van der Waals surface area (Å²) in [6.07, 6.45) is 7.03. The maximum atomic E-state index is 9.40. The average molecular weight is 255 g/mol. The lowest BCUT2D eigenvalue weighted by Crippen LogP contribution is -2.53. The molecule has 0 amide bonds. The first-order valence-corrected chi connectivity index (χ1v) is 7.45. The van der Waals surface area contributed by atoms with E-state index in [4.69, 9.17) is 5.73 Å². The van der Waals surface area contributed by atoms with Crippen molar-refractivity contribution in [2.24, 2.45) is 5.73 Å². The van der Waals surface area contributed by atoms with Crippen LogP contribution in [-0.4, -0.2) is 66.3 Å². The van der Waals surface area contributed by atoms with Crippen LogP contribution in [0.4, 0.5) is 0 Å². The highest BCUT2D eigenvalue weighted by atomic mass is 16.3. The largest absolute Gasteiger partial charge is 0.394 e. The van der Waals surface area contributed by atoms with E-state index in [0.29, 0.717) is 6.04 Å². The highest BCUT2D eigenvalue weighted by Crippen LogP contribution is 2.28. The van der Waals surface area contributed by atoms with Gasteiger partial charge >= 0.3 is 0 Å². The van der Waals surface area contributed by atoms with Crippen LogP contribution >= 0.6 is 0 Å². The molecule has 0 spiro atoms. The lowest BCUT2D eigenvalue weighted by molar-refractivity contribution is 0.0899. The van der Waals surface area contributed by atoms with E-state index >= 15 is 0 Å². The van der Waals surface area contributed by atoms with E-state index < -0.39 is 0 Å². The van der Waals surface area contributed by atoms with Crippen molar-refractivity contribution in [3.63, 3.8) is 0 Å². The Bertz CT molecular complexity index is 255. The molecule has 1 aliphatic heterocycles. The molecule has 0 aromatic rings. The number of aliphatic hydroxyl groups excluding tert-OH is 1. The summed E-state index contributed by atoms with van der Waals surface area (Å²) in [5.74, 6) is 0. The Balaban J connectivity index is 1.75. The van der Waals surface area contributed by atoms with Crippen molar-refractivity contribution in [1.29, 1.82) is 0 Å². The fourth-order valence-electron chi connectivity index (χ4n) is 3.37. The SMILES string of the molecule is CN(CCN1CCCC1)C1CCCC(N)(CO)C1. The van der Waals surface area contributed by atoms with Crippen LogP contribution in [0, 0.1) is 0 Å². The monoisotopic (exact) mass is 255 g/mol. The number of hydrogen-bond acceptors (Lipinski definition) is 4. The number of hydrogen-bond donors (Lipinski definition) is 2. The molecular formula is C14H29N3O. The molecule has 1 aliphatic carbocycles. The summed E-state index contributed by atoms with van der Waals surface area (Å²) in [6, 6.07) is 0.554. The van der Waals surface area contributed by atoms with Crippen LogP contribution in [0.5, 0.6) is 0 Å². The van der Waals surface area contributed by atoms with E-state index in [0.717, 1.165) is 25.8 Å². The minimum atomic E-state index is -0.329. The number of likely N-dealkylation sites (tertiary alicyclic amines) is 1. The molecule has 0 aromatic heterocycles. The van der Waals surface area contributed by atoms with Crippen molar-refractivity contribution >= 4 is 0 Å². The fourth-order valence-corrected chi connectivity index (χ4v) is 3.37. The highest BCUT2D eigenvalue weighted by Gasteiger charge is 2.33. The molecule has 1 saturated carbocycles. The van der Waals surface area contributed by atoms with Gasteiger partial charge in [-0.1, -0.05) is 0 Å². The molecule has 0 radical (unpaired) electrons. The lowest BCUT2D eigenvalue weighted by atomic mass is 9.80. The molecule has 0 aromatic carbocycles. The van der Waals surface area contributed by atoms with E-state index in [9.17, 15) is 5.11 Å². The Labute approximate surface area is 111 Å². The van der Waals surface area contributed by atoms with Gasteiger partial charge in [-0.05, 0) is 58.7 Å². The average Bonchev–Trinajstić information content (AvgIpc) is 2.89. The van der Waals surface area contributed by atoms with Crippen LogP contribution in [0.3, 0.4) is 0 Å². The van der Waals surface area contributed by atoms with E-state index in [1.54, 1.807) is 0 Å². The van der Waals surface area contributed by atoms with Crippen molar-refractivity contribution in [1.82, 2.24) is 9.80 Å². The molecule has 4 nitrogen and oxygen atoms in total. The second-order valence-electron chi connectivity index (χ2n) is 6.30. The summed E-state index contributed by atoms with van der Waals surface area (Å²) in [5, 5.41) is 9.40. The number of nitrogens with zero attached hydrogens (tertiary/aromatic N) is 2. The molecule has 106 valence electrons. The summed E-state index contributed by atoms with van der Waals surface area (Å²) < 4.78 is 0. The number of aliphatic hydroxyl groups is 1. The lowest BCUT2D eigenvalue weighted by Gasteiger charge is -2.41. The van der Waals surface area contributed by atoms with Gasteiger partial charge in [-0.3, -0.25) is 0 Å². The third kappa shape index (κ3) is 3.67. The van der Waals surface area contributed by atoms with Gasteiger partial charge in [0.15, 0.2) is 0 Å². The predicted molar refractivity (Wildman–Crippen MR) is 74.6 cm³/mol. The van der Waals surface area contributed by atoms with Gasteiger partial charge in [-0.15, -0.1) is 0 Å². The normalized spacial score (nSPS) is 34.3. The summed E-state index contributed by atoms with van der Waals surface area (Å²) in [7, 11) is 2.21. The summed E-state index contributed by atoms with van der Waals surface area (Å²) in [6.45, 7) is 4.99. The van der Waals surface area contributed by atoms with Gasteiger partial charge in [0.25, 0.3) is 0 Å². The third-order valence-electron chi connectivity index (χ3n) is 4.76. The maximum absolute atomic E-state index is 9.40. The van der Waals surface area contributed by atoms with Gasteiger partial charge in [0.2, 0.25) is 0 Å². The summed E-state index contributed by atoms with van der Waals surface area (Å²) in [4.78, 5) is 5.01. The van der Waals surface area contributed by atoms with Crippen LogP contribution in [0.2, 0.25) is 0 Å². The van der Waals surface area contributed by atoms with E-state index in [2.05, 4.69) is 16.8 Å². The Morgan fingerprint density at radius 3 is 2.72 bits per heavy atom. The minimum Gasteiger partial charge on any atom is -0.394 e. The van der Waals surface area contributed by atoms with Crippen LogP contribution < -0.4 is 5.73 Å². The molecule has 2 fully saturated rings. The zero-order valence-corrected chi connectivity index (χ0v) is 11.8. The first-order chi connectivity index (χ1) is 8.63. The number of rotatable bonds is 5. The quantitative estimate of drug-likeness (QED) is 0.757. The van der Waals surface area contributed by atoms with Crippen molar-refractivity contribution in [2.45, 2.75) is 50.1 Å². The van der Waals surface area contributed by atoms with Crippen molar-refractivity contribution < 1.29 is 5.11 Å². The molecule has 2 atom stereocenters. The third-order valence-corrected chi connectivity index (χ3v) is 4.76. The van der Waals surface area contributed by atoms with Crippen LogP contribution in [0.1, 0.15) is 38.5 Å². The zero-order valence-electron chi connectivity index (χ0n) is 11.8. The van der Waals surface area contributed by atoms with Crippen molar-refractivity contribution in [3.05, 3.63) is 0 Å². The molecule has 3 N–H and O–H groups in total. The zero-order chi connectivity index (χ0) is 13.0. The molecule has 1 heterocycles. The van der Waals surface area contributed by atoms with Crippen LogP contribution in [-0.2, 0) is 0 Å². The van der Waals surface area contributed by atoms with Gasteiger partial charge in [-0.25, -0.2) is 0 Å². The van der Waals surface area contributed by atoms with E-state index in [1.807, 2.05) is 0 Å². The summed E-state index contributed by atoms with van der Waals surface area (Å²) in [5.41, 5.74) is 5.89. The summed E-state index contributed by atoms with van der Waals surface area (Å²) >= 11 is 0. The highest BCUT2D eigenvalue weighted by molar-refractivity contribution is 4.93. The van der Waals surface area contributed by atoms with Crippen LogP contribution in [0.15, 0.2) is 0 Å². The Kier molecular flexibility index (Phi) is 5.01. The van der Waals surface area contributed by atoms with Gasteiger partial charge in [0.1, 0.15) is 0 Å². The molecule has 2 unspecified atom stereocenters.